The molecule has 2 aromatic heterocycles. The molecule has 0 aromatic carbocycles. The largest absolute Gasteiger partial charge is 0.469 e. The Morgan fingerprint density at radius 3 is 2.73 bits per heavy atom. The van der Waals surface area contributed by atoms with E-state index in [1.165, 1.54) is 29.8 Å². The summed E-state index contributed by atoms with van der Waals surface area (Å²) in [5, 5.41) is 6.90. The predicted octanol–water partition coefficient (Wildman–Crippen LogP) is 2.41. The van der Waals surface area contributed by atoms with Crippen molar-refractivity contribution in [2.75, 3.05) is 25.5 Å². The van der Waals surface area contributed by atoms with Crippen LogP contribution < -0.4 is 5.32 Å². The summed E-state index contributed by atoms with van der Waals surface area (Å²) < 4.78 is 4.60. The van der Waals surface area contributed by atoms with Crippen LogP contribution in [0.15, 0.2) is 22.9 Å². The standard InChI is InChI=1S/C17H19N3O4S2/c1-24-14(21)9-12-10-26-17(18-12)19-15(22)11-4-6-20(7-5-11)16(23)13-3-2-8-25-13/h2-3,8,10-11H,4-7,9H2,1H3,(H,18,19,22). The van der Waals surface area contributed by atoms with Crippen molar-refractivity contribution in [3.8, 4) is 0 Å². The lowest BCUT2D eigenvalue weighted by atomic mass is 9.96. The van der Waals surface area contributed by atoms with Gasteiger partial charge in [0.25, 0.3) is 5.91 Å². The van der Waals surface area contributed by atoms with Crippen LogP contribution in [0.5, 0.6) is 0 Å². The second-order valence-electron chi connectivity index (χ2n) is 5.93. The molecule has 9 heteroatoms. The van der Waals surface area contributed by atoms with Crippen LogP contribution in [0, 0.1) is 5.92 Å². The molecule has 0 unspecified atom stereocenters. The molecule has 0 bridgehead atoms. The van der Waals surface area contributed by atoms with Crippen molar-refractivity contribution in [2.45, 2.75) is 19.3 Å². The lowest BCUT2D eigenvalue weighted by Crippen LogP contribution is -2.41. The van der Waals surface area contributed by atoms with E-state index in [0.717, 1.165) is 4.88 Å². The van der Waals surface area contributed by atoms with Crippen molar-refractivity contribution in [2.24, 2.45) is 5.92 Å². The fourth-order valence-corrected chi connectivity index (χ4v) is 4.18. The number of esters is 1. The maximum atomic E-state index is 12.4. The summed E-state index contributed by atoms with van der Waals surface area (Å²) in [6, 6.07) is 3.68. The van der Waals surface area contributed by atoms with Gasteiger partial charge < -0.3 is 15.0 Å². The predicted molar refractivity (Wildman–Crippen MR) is 99.4 cm³/mol. The number of nitrogens with zero attached hydrogens (tertiary/aromatic N) is 2. The normalized spacial score (nSPS) is 14.9. The molecule has 138 valence electrons. The molecule has 26 heavy (non-hydrogen) atoms. The van der Waals surface area contributed by atoms with E-state index in [9.17, 15) is 14.4 Å². The van der Waals surface area contributed by atoms with Gasteiger partial charge in [0.15, 0.2) is 5.13 Å². The number of thiazole rings is 1. The molecule has 7 nitrogen and oxygen atoms in total. The number of methoxy groups -OCH3 is 1. The molecule has 0 radical (unpaired) electrons. The average molecular weight is 393 g/mol. The molecular weight excluding hydrogens is 374 g/mol. The molecule has 0 spiro atoms. The Hall–Kier alpha value is -2.26. The number of carbonyl (C=O) groups is 3. The minimum absolute atomic E-state index is 0.0335. The maximum Gasteiger partial charge on any atom is 0.311 e. The molecule has 0 atom stereocenters. The minimum Gasteiger partial charge on any atom is -0.469 e. The summed E-state index contributed by atoms with van der Waals surface area (Å²) >= 11 is 2.72. The highest BCUT2D eigenvalue weighted by atomic mass is 32.1. The van der Waals surface area contributed by atoms with E-state index in [1.807, 2.05) is 17.5 Å². The van der Waals surface area contributed by atoms with Gasteiger partial charge >= 0.3 is 5.97 Å². The van der Waals surface area contributed by atoms with Crippen LogP contribution >= 0.6 is 22.7 Å². The Morgan fingerprint density at radius 2 is 2.08 bits per heavy atom. The van der Waals surface area contributed by atoms with Crippen LogP contribution in [-0.4, -0.2) is 47.9 Å². The lowest BCUT2D eigenvalue weighted by Gasteiger charge is -2.30. The van der Waals surface area contributed by atoms with Gasteiger partial charge in [-0.2, -0.15) is 0 Å². The second-order valence-corrected chi connectivity index (χ2v) is 7.74. The quantitative estimate of drug-likeness (QED) is 0.788. The van der Waals surface area contributed by atoms with E-state index in [2.05, 4.69) is 15.0 Å². The molecule has 0 aliphatic carbocycles. The van der Waals surface area contributed by atoms with E-state index in [4.69, 9.17) is 0 Å². The van der Waals surface area contributed by atoms with Crippen molar-refractivity contribution in [1.82, 2.24) is 9.88 Å². The fourth-order valence-electron chi connectivity index (χ4n) is 2.77. The monoisotopic (exact) mass is 393 g/mol. The van der Waals surface area contributed by atoms with Crippen LogP contribution in [0.1, 0.15) is 28.2 Å². The number of rotatable bonds is 5. The van der Waals surface area contributed by atoms with Gasteiger partial charge in [0, 0.05) is 24.4 Å². The molecule has 1 aliphatic heterocycles. The fraction of sp³-hybridized carbons (Fsp3) is 0.412. The van der Waals surface area contributed by atoms with Crippen LogP contribution in [0.25, 0.3) is 0 Å². The van der Waals surface area contributed by atoms with Crippen LogP contribution in [0.4, 0.5) is 5.13 Å². The molecule has 2 amide bonds. The SMILES string of the molecule is COC(=O)Cc1csc(NC(=O)C2CCN(C(=O)c3cccs3)CC2)n1. The molecule has 0 saturated carbocycles. The van der Waals surface area contributed by atoms with E-state index < -0.39 is 0 Å². The Labute approximate surface area is 159 Å². The Bertz CT molecular complexity index is 780. The van der Waals surface area contributed by atoms with Gasteiger partial charge in [-0.25, -0.2) is 4.98 Å². The van der Waals surface area contributed by atoms with Gasteiger partial charge in [0.2, 0.25) is 5.91 Å². The highest BCUT2D eigenvalue weighted by molar-refractivity contribution is 7.14. The first-order chi connectivity index (χ1) is 12.6. The lowest BCUT2D eigenvalue weighted by molar-refractivity contribution is -0.139. The van der Waals surface area contributed by atoms with Gasteiger partial charge in [-0.15, -0.1) is 22.7 Å². The molecule has 1 saturated heterocycles. The number of hydrogen-bond acceptors (Lipinski definition) is 7. The zero-order valence-electron chi connectivity index (χ0n) is 14.3. The number of carbonyl (C=O) groups excluding carboxylic acids is 3. The second kappa shape index (κ2) is 8.41. The van der Waals surface area contributed by atoms with Crippen LogP contribution in [0.2, 0.25) is 0 Å². The minimum atomic E-state index is -0.365. The first-order valence-electron chi connectivity index (χ1n) is 8.21. The van der Waals surface area contributed by atoms with E-state index in [-0.39, 0.29) is 30.1 Å². The molecule has 3 rings (SSSR count). The Balaban J connectivity index is 1.49. The smallest absolute Gasteiger partial charge is 0.311 e. The topological polar surface area (TPSA) is 88.6 Å². The Kier molecular flexibility index (Phi) is 6.00. The van der Waals surface area contributed by atoms with Crippen molar-refractivity contribution < 1.29 is 19.1 Å². The molecule has 2 aromatic rings. The van der Waals surface area contributed by atoms with Crippen LogP contribution in [-0.2, 0) is 20.7 Å². The van der Waals surface area contributed by atoms with Crippen molar-refractivity contribution in [3.63, 3.8) is 0 Å². The number of aromatic nitrogens is 1. The third kappa shape index (κ3) is 4.47. The van der Waals surface area contributed by atoms with Gasteiger partial charge in [0.05, 0.1) is 24.1 Å². The summed E-state index contributed by atoms with van der Waals surface area (Å²) in [5.41, 5.74) is 0.577. The highest BCUT2D eigenvalue weighted by Crippen LogP contribution is 2.23. The number of likely N-dealkylation sites (tertiary alicyclic amines) is 1. The zero-order chi connectivity index (χ0) is 18.5. The van der Waals surface area contributed by atoms with Crippen molar-refractivity contribution >= 4 is 45.6 Å². The molecule has 3 heterocycles. The molecule has 1 fully saturated rings. The number of anilines is 1. The van der Waals surface area contributed by atoms with Crippen LogP contribution in [0.3, 0.4) is 0 Å². The number of ether oxygens (including phenoxy) is 1. The van der Waals surface area contributed by atoms with Gasteiger partial charge in [-0.1, -0.05) is 6.07 Å². The number of amides is 2. The summed E-state index contributed by atoms with van der Waals surface area (Å²) in [7, 11) is 1.33. The average Bonchev–Trinajstić information content (AvgIpc) is 3.33. The number of hydrogen-bond donors (Lipinski definition) is 1. The summed E-state index contributed by atoms with van der Waals surface area (Å²) in [6.45, 7) is 1.14. The third-order valence-electron chi connectivity index (χ3n) is 4.22. The first-order valence-corrected chi connectivity index (χ1v) is 9.97. The van der Waals surface area contributed by atoms with Crippen molar-refractivity contribution in [1.29, 1.82) is 0 Å². The van der Waals surface area contributed by atoms with E-state index in [0.29, 0.717) is 36.8 Å². The number of nitrogens with one attached hydrogen (secondary N) is 1. The van der Waals surface area contributed by atoms with Gasteiger partial charge in [0.1, 0.15) is 0 Å². The Morgan fingerprint density at radius 1 is 1.31 bits per heavy atom. The van der Waals surface area contributed by atoms with E-state index in [1.54, 1.807) is 10.3 Å². The highest BCUT2D eigenvalue weighted by Gasteiger charge is 2.28. The number of piperidine rings is 1. The molecule has 1 N–H and O–H groups in total. The molecular formula is C17H19N3O4S2. The third-order valence-corrected chi connectivity index (χ3v) is 5.88. The summed E-state index contributed by atoms with van der Waals surface area (Å²) in [4.78, 5) is 42.8. The van der Waals surface area contributed by atoms with Gasteiger partial charge in [-0.05, 0) is 24.3 Å². The zero-order valence-corrected chi connectivity index (χ0v) is 15.9. The van der Waals surface area contributed by atoms with E-state index >= 15 is 0 Å². The number of thiophene rings is 1. The maximum absolute atomic E-state index is 12.4. The molecule has 1 aliphatic rings. The summed E-state index contributed by atoms with van der Waals surface area (Å²) in [5.74, 6) is -0.565. The van der Waals surface area contributed by atoms with Gasteiger partial charge in [-0.3, -0.25) is 14.4 Å². The first kappa shape index (κ1) is 18.5. The summed E-state index contributed by atoms with van der Waals surface area (Å²) in [6.07, 6.45) is 1.35. The van der Waals surface area contributed by atoms with Crippen molar-refractivity contribution in [3.05, 3.63) is 33.5 Å².